The molecule has 0 radical (unpaired) electrons. The van der Waals surface area contributed by atoms with Crippen molar-refractivity contribution in [1.29, 1.82) is 0 Å². The standard InChI is InChI=1S/C43H71ClN12O7/c1-29(51-40(59)62-42(2,3)4)15-9-8-10-17-32(52-41(60)63-43(5,6)7)37(57)49-24-14-26-56(25-13-22-45)27-28-61-31-20-18-30(19-21-31)16-11-12-23-50-39(48)55-38(58)33-35(46)54-36(47)34(44)53-33/h18-21,32H,8-17,22-28,45H2,1-7H3,(H,49,57)(H,52,60)(H4,46,47,54)(H3,48,50,55,58)/t32-/m0/s1. The zero-order valence-corrected chi connectivity index (χ0v) is 38.9. The average Bonchev–Trinajstić information content (AvgIpc) is 3.17. The summed E-state index contributed by atoms with van der Waals surface area (Å²) >= 11 is 5.84. The quantitative estimate of drug-likeness (QED) is 0.0386. The number of aromatic nitrogens is 2. The Morgan fingerprint density at radius 3 is 2.21 bits per heavy atom. The molecule has 11 N–H and O–H groups in total. The lowest BCUT2D eigenvalue weighted by Crippen LogP contribution is -2.48. The number of alkyl carbamates (subject to hydrolysis) is 1. The van der Waals surface area contributed by atoms with Crippen LogP contribution in [0.25, 0.3) is 0 Å². The van der Waals surface area contributed by atoms with Gasteiger partial charge in [-0.15, -0.1) is 0 Å². The van der Waals surface area contributed by atoms with Gasteiger partial charge in [-0.3, -0.25) is 24.8 Å². The lowest BCUT2D eigenvalue weighted by atomic mass is 10.1. The predicted octanol–water partition coefficient (Wildman–Crippen LogP) is 5.14. The smallest absolute Gasteiger partial charge is 0.434 e. The van der Waals surface area contributed by atoms with Crippen LogP contribution in [0.2, 0.25) is 5.15 Å². The number of unbranched alkanes of at least 4 members (excludes halogenated alkanes) is 3. The first-order chi connectivity index (χ1) is 29.6. The summed E-state index contributed by atoms with van der Waals surface area (Å²) in [6.45, 7) is 16.5. The molecule has 1 aromatic carbocycles. The molecular formula is C43H71ClN12O7. The molecule has 2 rings (SSSR count). The van der Waals surface area contributed by atoms with E-state index in [4.69, 9.17) is 48.7 Å². The molecule has 0 aliphatic heterocycles. The zero-order valence-electron chi connectivity index (χ0n) is 38.2. The topological polar surface area (TPSA) is 290 Å². The number of halogens is 1. The number of guanidine groups is 1. The SMILES string of the molecule is CC(CCCCC[C@H](NC(=O)OC(C)(C)C)C(=O)NCCCN(CCCN)CCOc1ccc(CCCCN=C(N)NC(=O)c2nc(Cl)c(N)nc2N)cc1)=NC(=O)OC(C)(C)C. The number of nitrogen functional groups attached to an aromatic ring is 2. The minimum absolute atomic E-state index is 0.0708. The number of rotatable bonds is 25. The van der Waals surface area contributed by atoms with Gasteiger partial charge in [-0.2, -0.15) is 4.99 Å². The van der Waals surface area contributed by atoms with Crippen LogP contribution in [0.5, 0.6) is 5.75 Å². The number of hydrogen-bond donors (Lipinski definition) is 7. The Bertz CT molecular complexity index is 1810. The molecule has 0 saturated heterocycles. The highest BCUT2D eigenvalue weighted by molar-refractivity contribution is 6.31. The minimum atomic E-state index is -0.760. The van der Waals surface area contributed by atoms with Crippen molar-refractivity contribution < 1.29 is 33.4 Å². The molecule has 20 heteroatoms. The number of aryl methyl sites for hydroxylation is 1. The van der Waals surface area contributed by atoms with Gasteiger partial charge in [0.25, 0.3) is 5.91 Å². The van der Waals surface area contributed by atoms with Crippen LogP contribution in [-0.4, -0.2) is 114 Å². The van der Waals surface area contributed by atoms with Gasteiger partial charge in [0.1, 0.15) is 29.6 Å². The Labute approximate surface area is 377 Å². The number of anilines is 2. The van der Waals surface area contributed by atoms with Crippen LogP contribution >= 0.6 is 11.6 Å². The zero-order chi connectivity index (χ0) is 47.0. The van der Waals surface area contributed by atoms with Gasteiger partial charge >= 0.3 is 12.2 Å². The summed E-state index contributed by atoms with van der Waals surface area (Å²) in [5.74, 6) is -0.513. The molecule has 19 nitrogen and oxygen atoms in total. The van der Waals surface area contributed by atoms with Crippen molar-refractivity contribution in [1.82, 2.24) is 30.8 Å². The Hall–Kier alpha value is -5.27. The molecule has 0 spiro atoms. The molecule has 0 bridgehead atoms. The summed E-state index contributed by atoms with van der Waals surface area (Å²) < 4.78 is 16.7. The van der Waals surface area contributed by atoms with Gasteiger partial charge in [0, 0.05) is 25.3 Å². The number of aliphatic imine (C=N–C) groups is 2. The number of amides is 4. The van der Waals surface area contributed by atoms with Crippen molar-refractivity contribution >= 4 is 58.9 Å². The number of hydrogen-bond acceptors (Lipinski definition) is 14. The van der Waals surface area contributed by atoms with Gasteiger partial charge in [-0.05, 0) is 137 Å². The first-order valence-electron chi connectivity index (χ1n) is 21.5. The van der Waals surface area contributed by atoms with Crippen molar-refractivity contribution in [3.05, 3.63) is 40.7 Å². The molecular weight excluding hydrogens is 832 g/mol. The second kappa shape index (κ2) is 27.7. The monoisotopic (exact) mass is 903 g/mol. The molecule has 1 aromatic heterocycles. The number of nitrogens with one attached hydrogen (secondary N) is 3. The third-order valence-corrected chi connectivity index (χ3v) is 9.24. The molecule has 1 atom stereocenters. The van der Waals surface area contributed by atoms with E-state index in [2.05, 4.69) is 40.8 Å². The second-order valence-corrected chi connectivity index (χ2v) is 17.4. The van der Waals surface area contributed by atoms with Gasteiger partial charge in [0.2, 0.25) is 5.91 Å². The molecule has 4 amide bonds. The van der Waals surface area contributed by atoms with Crippen LogP contribution in [0.3, 0.4) is 0 Å². The highest BCUT2D eigenvalue weighted by Gasteiger charge is 2.24. The van der Waals surface area contributed by atoms with Crippen molar-refractivity contribution in [2.24, 2.45) is 21.5 Å². The Kier molecular flexibility index (Phi) is 23.7. The molecule has 0 saturated carbocycles. The van der Waals surface area contributed by atoms with E-state index in [1.165, 1.54) is 0 Å². The number of ether oxygens (including phenoxy) is 3. The van der Waals surface area contributed by atoms with Crippen LogP contribution < -0.4 is 43.6 Å². The fraction of sp³-hybridized carbons (Fsp3) is 0.628. The lowest BCUT2D eigenvalue weighted by molar-refractivity contribution is -0.123. The Morgan fingerprint density at radius 1 is 0.857 bits per heavy atom. The Balaban J connectivity index is 1.77. The van der Waals surface area contributed by atoms with Gasteiger partial charge in [0.15, 0.2) is 28.4 Å². The predicted molar refractivity (Wildman–Crippen MR) is 248 cm³/mol. The number of carbonyl (C=O) groups excluding carboxylic acids is 4. The fourth-order valence-corrected chi connectivity index (χ4v) is 6.04. The molecule has 0 fully saturated rings. The molecule has 1 heterocycles. The minimum Gasteiger partial charge on any atom is -0.492 e. The van der Waals surface area contributed by atoms with E-state index in [9.17, 15) is 19.2 Å². The summed E-state index contributed by atoms with van der Waals surface area (Å²) in [4.78, 5) is 68.4. The second-order valence-electron chi connectivity index (χ2n) is 17.1. The van der Waals surface area contributed by atoms with E-state index in [-0.39, 0.29) is 34.3 Å². The fourth-order valence-electron chi connectivity index (χ4n) is 5.92. The van der Waals surface area contributed by atoms with Crippen molar-refractivity contribution in [2.45, 2.75) is 130 Å². The summed E-state index contributed by atoms with van der Waals surface area (Å²) in [5, 5.41) is 8.02. The maximum atomic E-state index is 13.3. The molecule has 352 valence electrons. The summed E-state index contributed by atoms with van der Waals surface area (Å²) in [5.41, 5.74) is 23.3. The first-order valence-corrected chi connectivity index (χ1v) is 21.9. The maximum absolute atomic E-state index is 13.3. The van der Waals surface area contributed by atoms with Gasteiger partial charge in [-0.1, -0.05) is 36.6 Å². The normalized spacial score (nSPS) is 12.7. The van der Waals surface area contributed by atoms with Crippen LogP contribution in [-0.2, 0) is 20.7 Å². The van der Waals surface area contributed by atoms with Gasteiger partial charge < -0.3 is 47.8 Å². The van der Waals surface area contributed by atoms with Crippen LogP contribution in [0, 0.1) is 0 Å². The highest BCUT2D eigenvalue weighted by atomic mass is 35.5. The van der Waals surface area contributed by atoms with E-state index in [0.29, 0.717) is 64.2 Å². The van der Waals surface area contributed by atoms with Gasteiger partial charge in [-0.25, -0.2) is 19.6 Å². The lowest BCUT2D eigenvalue weighted by Gasteiger charge is -2.24. The van der Waals surface area contributed by atoms with E-state index < -0.39 is 35.3 Å². The maximum Gasteiger partial charge on any atom is 0.434 e. The molecule has 0 aliphatic carbocycles. The third-order valence-electron chi connectivity index (χ3n) is 8.96. The molecule has 0 unspecified atom stereocenters. The van der Waals surface area contributed by atoms with Crippen LogP contribution in [0.4, 0.5) is 21.2 Å². The first kappa shape index (κ1) is 53.9. The molecule has 63 heavy (non-hydrogen) atoms. The molecule has 2 aromatic rings. The van der Waals surface area contributed by atoms with E-state index >= 15 is 0 Å². The van der Waals surface area contributed by atoms with Crippen molar-refractivity contribution in [3.63, 3.8) is 0 Å². The van der Waals surface area contributed by atoms with E-state index in [1.54, 1.807) is 48.5 Å². The summed E-state index contributed by atoms with van der Waals surface area (Å²) in [7, 11) is 0. The van der Waals surface area contributed by atoms with Crippen molar-refractivity contribution in [3.8, 4) is 5.75 Å². The highest BCUT2D eigenvalue weighted by Crippen LogP contribution is 2.18. The summed E-state index contributed by atoms with van der Waals surface area (Å²) in [6.07, 6.45) is 5.95. The van der Waals surface area contributed by atoms with Crippen LogP contribution in [0.1, 0.15) is 122 Å². The average molecular weight is 904 g/mol. The van der Waals surface area contributed by atoms with Crippen LogP contribution in [0.15, 0.2) is 34.3 Å². The third kappa shape index (κ3) is 24.2. The van der Waals surface area contributed by atoms with Gasteiger partial charge in [0.05, 0.1) is 0 Å². The van der Waals surface area contributed by atoms with E-state index in [0.717, 1.165) is 62.9 Å². The number of nitrogens with zero attached hydrogens (tertiary/aromatic N) is 5. The largest absolute Gasteiger partial charge is 0.492 e. The Morgan fingerprint density at radius 2 is 1.54 bits per heavy atom. The number of carbonyl (C=O) groups is 4. The number of benzene rings is 1. The summed E-state index contributed by atoms with van der Waals surface area (Å²) in [6, 6.07) is 7.19. The van der Waals surface area contributed by atoms with Crippen molar-refractivity contribution in [2.75, 3.05) is 57.3 Å². The molecule has 0 aliphatic rings. The van der Waals surface area contributed by atoms with E-state index in [1.807, 2.05) is 24.3 Å². The number of nitrogens with two attached hydrogens (primary N) is 4.